The lowest BCUT2D eigenvalue weighted by Gasteiger charge is -2.44. The lowest BCUT2D eigenvalue weighted by atomic mass is 9.84. The first-order valence-electron chi connectivity index (χ1n) is 5.99. The first kappa shape index (κ1) is 11.2. The van der Waals surface area contributed by atoms with Crippen LogP contribution in [0.3, 0.4) is 0 Å². The zero-order chi connectivity index (χ0) is 11.8. The molecule has 5 nitrogen and oxygen atoms in total. The second kappa shape index (κ2) is 4.42. The van der Waals surface area contributed by atoms with E-state index in [-0.39, 0.29) is 0 Å². The van der Waals surface area contributed by atoms with Gasteiger partial charge < -0.3 is 16.0 Å². The van der Waals surface area contributed by atoms with Crippen LogP contribution in [-0.4, -0.2) is 40.5 Å². The fraction of sp³-hybridized carbons (Fsp3) is 0.636. The third-order valence-corrected chi connectivity index (χ3v) is 4.09. The first-order valence-corrected chi connectivity index (χ1v) is 6.79. The quantitative estimate of drug-likeness (QED) is 0.806. The molecule has 0 spiro atoms. The molecule has 3 fully saturated rings. The Morgan fingerprint density at radius 1 is 1.35 bits per heavy atom. The van der Waals surface area contributed by atoms with Crippen LogP contribution in [0.25, 0.3) is 0 Å². The van der Waals surface area contributed by atoms with Crippen molar-refractivity contribution in [1.82, 2.24) is 14.9 Å². The summed E-state index contributed by atoms with van der Waals surface area (Å²) < 4.78 is 0.730. The monoisotopic (exact) mass is 297 g/mol. The zero-order valence-electron chi connectivity index (χ0n) is 9.56. The van der Waals surface area contributed by atoms with Gasteiger partial charge in [-0.1, -0.05) is 0 Å². The van der Waals surface area contributed by atoms with Crippen LogP contribution in [0.1, 0.15) is 12.8 Å². The van der Waals surface area contributed by atoms with Gasteiger partial charge in [0.05, 0.1) is 0 Å². The van der Waals surface area contributed by atoms with Crippen LogP contribution in [-0.2, 0) is 0 Å². The van der Waals surface area contributed by atoms with E-state index in [2.05, 4.69) is 36.1 Å². The van der Waals surface area contributed by atoms with Crippen molar-refractivity contribution in [2.24, 2.45) is 5.92 Å². The van der Waals surface area contributed by atoms with Gasteiger partial charge in [0.15, 0.2) is 0 Å². The van der Waals surface area contributed by atoms with Crippen LogP contribution >= 0.6 is 15.9 Å². The molecule has 3 aliphatic heterocycles. The Kier molecular flexibility index (Phi) is 2.92. The molecule has 92 valence electrons. The van der Waals surface area contributed by atoms with E-state index in [4.69, 9.17) is 5.73 Å². The third-order valence-electron chi connectivity index (χ3n) is 3.69. The van der Waals surface area contributed by atoms with Gasteiger partial charge in [-0.15, -0.1) is 0 Å². The van der Waals surface area contributed by atoms with Crippen molar-refractivity contribution in [1.29, 1.82) is 0 Å². The normalized spacial score (nSPS) is 31.5. The third kappa shape index (κ3) is 2.37. The number of nitrogens with two attached hydrogens (primary N) is 1. The van der Waals surface area contributed by atoms with E-state index in [0.29, 0.717) is 17.8 Å². The number of nitrogens with zero attached hydrogens (tertiary/aromatic N) is 3. The summed E-state index contributed by atoms with van der Waals surface area (Å²) in [5, 5.41) is 3.42. The molecule has 3 saturated heterocycles. The molecular weight excluding hydrogens is 282 g/mol. The van der Waals surface area contributed by atoms with Gasteiger partial charge in [0.1, 0.15) is 10.4 Å². The summed E-state index contributed by atoms with van der Waals surface area (Å²) in [6, 6.07) is 2.17. The second-order valence-electron chi connectivity index (χ2n) is 4.83. The average Bonchev–Trinajstić information content (AvgIpc) is 2.29. The molecule has 1 atom stereocenters. The molecule has 0 amide bonds. The fourth-order valence-corrected chi connectivity index (χ4v) is 3.20. The Morgan fingerprint density at radius 2 is 2.12 bits per heavy atom. The van der Waals surface area contributed by atoms with E-state index in [1.807, 2.05) is 0 Å². The van der Waals surface area contributed by atoms with Gasteiger partial charge in [-0.3, -0.25) is 0 Å². The maximum Gasteiger partial charge on any atom is 0.225 e. The minimum atomic E-state index is 0.464. The number of anilines is 2. The smallest absolute Gasteiger partial charge is 0.225 e. The van der Waals surface area contributed by atoms with Crippen molar-refractivity contribution in [3.63, 3.8) is 0 Å². The number of nitrogens with one attached hydrogen (secondary N) is 1. The summed E-state index contributed by atoms with van der Waals surface area (Å²) in [7, 11) is 0. The standard InChI is InChI=1S/C11H16BrN5/c12-9-5-10(13)16-11(15-9)14-8-6-17-3-1-7(8)2-4-17/h5,7-8H,1-4,6H2,(H3,13,14,15,16). The summed E-state index contributed by atoms with van der Waals surface area (Å²) in [5.74, 6) is 1.88. The Labute approximate surface area is 109 Å². The number of piperidine rings is 3. The Morgan fingerprint density at radius 3 is 2.71 bits per heavy atom. The molecule has 6 heteroatoms. The van der Waals surface area contributed by atoms with Gasteiger partial charge in [0.2, 0.25) is 5.95 Å². The molecule has 17 heavy (non-hydrogen) atoms. The second-order valence-corrected chi connectivity index (χ2v) is 5.64. The van der Waals surface area contributed by atoms with Crippen molar-refractivity contribution in [2.45, 2.75) is 18.9 Å². The summed E-state index contributed by atoms with van der Waals surface area (Å²) in [4.78, 5) is 11.0. The maximum absolute atomic E-state index is 5.71. The highest BCUT2D eigenvalue weighted by Crippen LogP contribution is 2.29. The van der Waals surface area contributed by atoms with Crippen LogP contribution < -0.4 is 11.1 Å². The molecule has 2 bridgehead atoms. The molecule has 1 aromatic rings. The van der Waals surface area contributed by atoms with E-state index in [1.165, 1.54) is 25.9 Å². The summed E-state index contributed by atoms with van der Waals surface area (Å²) in [6.45, 7) is 3.58. The van der Waals surface area contributed by atoms with Gasteiger partial charge in [-0.25, -0.2) is 4.98 Å². The van der Waals surface area contributed by atoms with Crippen LogP contribution in [0.4, 0.5) is 11.8 Å². The largest absolute Gasteiger partial charge is 0.383 e. The Hall–Kier alpha value is -0.880. The predicted molar refractivity (Wildman–Crippen MR) is 70.7 cm³/mol. The minimum Gasteiger partial charge on any atom is -0.383 e. The summed E-state index contributed by atoms with van der Waals surface area (Å²) in [6.07, 6.45) is 2.56. The number of halogens is 1. The highest BCUT2D eigenvalue weighted by molar-refractivity contribution is 9.10. The van der Waals surface area contributed by atoms with E-state index in [1.54, 1.807) is 6.07 Å². The van der Waals surface area contributed by atoms with Crippen LogP contribution in [0.2, 0.25) is 0 Å². The van der Waals surface area contributed by atoms with Crippen molar-refractivity contribution < 1.29 is 0 Å². The molecule has 4 heterocycles. The lowest BCUT2D eigenvalue weighted by Crippen LogP contribution is -2.53. The van der Waals surface area contributed by atoms with E-state index in [0.717, 1.165) is 17.1 Å². The first-order chi connectivity index (χ1) is 8.20. The Balaban J connectivity index is 1.74. The molecule has 0 radical (unpaired) electrons. The molecule has 1 aromatic heterocycles. The van der Waals surface area contributed by atoms with Gasteiger partial charge in [-0.2, -0.15) is 4.98 Å². The fourth-order valence-electron chi connectivity index (χ4n) is 2.79. The number of aromatic nitrogens is 2. The molecule has 0 aliphatic carbocycles. The van der Waals surface area contributed by atoms with Gasteiger partial charge in [-0.05, 0) is 47.8 Å². The topological polar surface area (TPSA) is 67.1 Å². The average molecular weight is 298 g/mol. The molecule has 0 saturated carbocycles. The van der Waals surface area contributed by atoms with Gasteiger partial charge in [0.25, 0.3) is 0 Å². The molecule has 3 aliphatic rings. The summed E-state index contributed by atoms with van der Waals surface area (Å²) in [5.41, 5.74) is 5.71. The number of hydrogen-bond acceptors (Lipinski definition) is 5. The minimum absolute atomic E-state index is 0.464. The van der Waals surface area contributed by atoms with E-state index < -0.39 is 0 Å². The number of rotatable bonds is 2. The van der Waals surface area contributed by atoms with Crippen LogP contribution in [0.5, 0.6) is 0 Å². The molecule has 3 N–H and O–H groups in total. The molecule has 4 rings (SSSR count). The van der Waals surface area contributed by atoms with Crippen molar-refractivity contribution >= 4 is 27.7 Å². The van der Waals surface area contributed by atoms with Crippen LogP contribution in [0, 0.1) is 5.92 Å². The van der Waals surface area contributed by atoms with Crippen molar-refractivity contribution in [3.05, 3.63) is 10.7 Å². The zero-order valence-corrected chi connectivity index (χ0v) is 11.2. The maximum atomic E-state index is 5.71. The number of nitrogen functional groups attached to an aromatic ring is 1. The highest BCUT2D eigenvalue weighted by Gasteiger charge is 2.34. The summed E-state index contributed by atoms with van der Waals surface area (Å²) >= 11 is 3.34. The number of hydrogen-bond donors (Lipinski definition) is 2. The van der Waals surface area contributed by atoms with Gasteiger partial charge >= 0.3 is 0 Å². The Bertz CT molecular complexity index is 396. The lowest BCUT2D eigenvalue weighted by molar-refractivity contribution is 0.0972. The van der Waals surface area contributed by atoms with Crippen LogP contribution in [0.15, 0.2) is 10.7 Å². The van der Waals surface area contributed by atoms with Crippen molar-refractivity contribution in [3.8, 4) is 0 Å². The molecule has 0 aromatic carbocycles. The molecule has 1 unspecified atom stereocenters. The van der Waals surface area contributed by atoms with Gasteiger partial charge in [0, 0.05) is 18.7 Å². The molecular formula is C11H16BrN5. The van der Waals surface area contributed by atoms with E-state index >= 15 is 0 Å². The van der Waals surface area contributed by atoms with Crippen molar-refractivity contribution in [2.75, 3.05) is 30.7 Å². The van der Waals surface area contributed by atoms with E-state index in [9.17, 15) is 0 Å². The highest BCUT2D eigenvalue weighted by atomic mass is 79.9. The SMILES string of the molecule is Nc1cc(Br)nc(NC2CN3CCC2CC3)n1. The number of fused-ring (bicyclic) bond motifs is 3. The predicted octanol–water partition coefficient (Wildman–Crippen LogP) is 1.33.